The highest BCUT2D eigenvalue weighted by atomic mass is 32.1. The Hall–Kier alpha value is -3.83. The van der Waals surface area contributed by atoms with E-state index in [0.29, 0.717) is 35.3 Å². The van der Waals surface area contributed by atoms with Crippen molar-refractivity contribution in [1.29, 1.82) is 0 Å². The molecule has 0 amide bonds. The van der Waals surface area contributed by atoms with Crippen LogP contribution in [0.15, 0.2) is 59.7 Å². The third-order valence-corrected chi connectivity index (χ3v) is 6.65. The Morgan fingerprint density at radius 1 is 1.14 bits per heavy atom. The van der Waals surface area contributed by atoms with Crippen molar-refractivity contribution < 1.29 is 23.0 Å². The van der Waals surface area contributed by atoms with Crippen LogP contribution in [0, 0.1) is 0 Å². The SMILES string of the molecule is Cn1cnc2ccc(-c3cc4sc(OC5COC5)nc4n(-c4ccc(OC(F)F)cc4)c3=O)cc21. The molecule has 0 radical (unpaired) electrons. The summed E-state index contributed by atoms with van der Waals surface area (Å²) in [6.45, 7) is -1.96. The fourth-order valence-corrected chi connectivity index (χ4v) is 4.87. The van der Waals surface area contributed by atoms with Crippen molar-refractivity contribution in [3.8, 4) is 27.8 Å². The van der Waals surface area contributed by atoms with E-state index >= 15 is 0 Å². The minimum absolute atomic E-state index is 0.00172. The predicted molar refractivity (Wildman–Crippen MR) is 127 cm³/mol. The molecule has 0 saturated carbocycles. The van der Waals surface area contributed by atoms with Crippen LogP contribution in [0.2, 0.25) is 0 Å². The molecule has 1 fully saturated rings. The van der Waals surface area contributed by atoms with Crippen LogP contribution in [-0.4, -0.2) is 45.0 Å². The molecule has 0 spiro atoms. The van der Waals surface area contributed by atoms with Gasteiger partial charge in [-0.05, 0) is 48.0 Å². The van der Waals surface area contributed by atoms with Gasteiger partial charge in [0.2, 0.25) is 0 Å². The summed E-state index contributed by atoms with van der Waals surface area (Å²) in [7, 11) is 1.89. The van der Waals surface area contributed by atoms with E-state index in [9.17, 15) is 13.6 Å². The van der Waals surface area contributed by atoms with Gasteiger partial charge in [-0.2, -0.15) is 13.8 Å². The van der Waals surface area contributed by atoms with E-state index in [1.54, 1.807) is 18.5 Å². The van der Waals surface area contributed by atoms with Crippen molar-refractivity contribution in [2.75, 3.05) is 13.2 Å². The van der Waals surface area contributed by atoms with Crippen molar-refractivity contribution in [2.24, 2.45) is 7.05 Å². The summed E-state index contributed by atoms with van der Waals surface area (Å²) in [4.78, 5) is 22.7. The summed E-state index contributed by atoms with van der Waals surface area (Å²) in [5.41, 5.74) is 3.49. The van der Waals surface area contributed by atoms with Gasteiger partial charge < -0.3 is 18.8 Å². The number of aryl methyl sites for hydroxylation is 1. The van der Waals surface area contributed by atoms with E-state index in [0.717, 1.165) is 21.3 Å². The molecule has 0 unspecified atom stereocenters. The van der Waals surface area contributed by atoms with Crippen LogP contribution in [0.3, 0.4) is 0 Å². The molecule has 2 aromatic carbocycles. The molecule has 6 rings (SSSR count). The highest BCUT2D eigenvalue weighted by molar-refractivity contribution is 7.20. The Morgan fingerprint density at radius 3 is 2.66 bits per heavy atom. The van der Waals surface area contributed by atoms with Crippen LogP contribution >= 0.6 is 11.3 Å². The van der Waals surface area contributed by atoms with Gasteiger partial charge in [0.05, 0.1) is 41.0 Å². The highest BCUT2D eigenvalue weighted by Gasteiger charge is 2.23. The fourth-order valence-electron chi connectivity index (χ4n) is 3.96. The van der Waals surface area contributed by atoms with E-state index in [1.807, 2.05) is 35.9 Å². The van der Waals surface area contributed by atoms with E-state index in [4.69, 9.17) is 9.47 Å². The molecular weight excluding hydrogens is 478 g/mol. The molecule has 11 heteroatoms. The number of rotatable bonds is 6. The van der Waals surface area contributed by atoms with Gasteiger partial charge in [0, 0.05) is 12.6 Å². The Balaban J connectivity index is 1.53. The van der Waals surface area contributed by atoms with E-state index in [-0.39, 0.29) is 17.4 Å². The molecule has 5 aromatic rings. The Morgan fingerprint density at radius 2 is 1.94 bits per heavy atom. The van der Waals surface area contributed by atoms with Crippen molar-refractivity contribution in [3.05, 3.63) is 65.2 Å². The van der Waals surface area contributed by atoms with Crippen molar-refractivity contribution in [2.45, 2.75) is 12.7 Å². The monoisotopic (exact) mass is 496 g/mol. The third-order valence-electron chi connectivity index (χ3n) is 5.77. The van der Waals surface area contributed by atoms with E-state index < -0.39 is 6.61 Å². The molecule has 0 bridgehead atoms. The number of aromatic nitrogens is 4. The molecule has 0 aliphatic carbocycles. The minimum atomic E-state index is -2.94. The second-order valence-electron chi connectivity index (χ2n) is 8.07. The summed E-state index contributed by atoms with van der Waals surface area (Å²) in [5.74, 6) is -0.00172. The lowest BCUT2D eigenvalue weighted by molar-refractivity contribution is -0.0796. The molecule has 8 nitrogen and oxygen atoms in total. The first-order chi connectivity index (χ1) is 17.0. The lowest BCUT2D eigenvalue weighted by Gasteiger charge is -2.25. The fraction of sp³-hybridized carbons (Fsp3) is 0.208. The molecule has 4 heterocycles. The number of fused-ring (bicyclic) bond motifs is 2. The molecule has 0 atom stereocenters. The maximum atomic E-state index is 13.8. The average Bonchev–Trinajstić information content (AvgIpc) is 3.39. The number of pyridine rings is 1. The predicted octanol–water partition coefficient (Wildman–Crippen LogP) is 4.38. The number of halogens is 2. The summed E-state index contributed by atoms with van der Waals surface area (Å²) >= 11 is 1.33. The van der Waals surface area contributed by atoms with Gasteiger partial charge in [-0.25, -0.2) is 4.98 Å². The van der Waals surface area contributed by atoms with Crippen molar-refractivity contribution >= 4 is 32.7 Å². The first-order valence-corrected chi connectivity index (χ1v) is 11.6. The Bertz CT molecular complexity index is 1610. The van der Waals surface area contributed by atoms with Gasteiger partial charge in [0.1, 0.15) is 11.9 Å². The zero-order chi connectivity index (χ0) is 24.1. The van der Waals surface area contributed by atoms with Gasteiger partial charge >= 0.3 is 6.61 Å². The lowest BCUT2D eigenvalue weighted by Crippen LogP contribution is -2.38. The van der Waals surface area contributed by atoms with Crippen LogP contribution in [0.4, 0.5) is 8.78 Å². The Kier molecular flexibility index (Phi) is 5.23. The number of thiazole rings is 1. The van der Waals surface area contributed by atoms with Gasteiger partial charge in [-0.3, -0.25) is 9.36 Å². The molecule has 1 aliphatic rings. The number of imidazole rings is 1. The minimum Gasteiger partial charge on any atom is -0.462 e. The van der Waals surface area contributed by atoms with E-state index in [2.05, 4.69) is 14.7 Å². The summed E-state index contributed by atoms with van der Waals surface area (Å²) in [6.07, 6.45) is 1.64. The third kappa shape index (κ3) is 3.92. The molecule has 35 heavy (non-hydrogen) atoms. The Labute approximate surface area is 200 Å². The number of hydrogen-bond donors (Lipinski definition) is 0. The lowest BCUT2D eigenvalue weighted by atomic mass is 10.1. The molecule has 3 aromatic heterocycles. The van der Waals surface area contributed by atoms with Crippen LogP contribution in [-0.2, 0) is 11.8 Å². The van der Waals surface area contributed by atoms with Gasteiger partial charge in [-0.1, -0.05) is 17.4 Å². The first kappa shape index (κ1) is 21.7. The maximum absolute atomic E-state index is 13.8. The number of alkyl halides is 2. The van der Waals surface area contributed by atoms with Crippen LogP contribution in [0.25, 0.3) is 38.2 Å². The van der Waals surface area contributed by atoms with Crippen LogP contribution in [0.1, 0.15) is 0 Å². The smallest absolute Gasteiger partial charge is 0.387 e. The summed E-state index contributed by atoms with van der Waals surface area (Å²) in [6, 6.07) is 13.3. The van der Waals surface area contributed by atoms with E-state index in [1.165, 1.54) is 28.0 Å². The molecule has 0 N–H and O–H groups in total. The summed E-state index contributed by atoms with van der Waals surface area (Å²) in [5, 5.41) is 0.429. The number of benzene rings is 2. The zero-order valence-corrected chi connectivity index (χ0v) is 19.2. The van der Waals surface area contributed by atoms with Crippen molar-refractivity contribution in [1.82, 2.24) is 19.1 Å². The number of nitrogens with zero attached hydrogens (tertiary/aromatic N) is 4. The van der Waals surface area contributed by atoms with Gasteiger partial charge in [0.15, 0.2) is 5.65 Å². The van der Waals surface area contributed by atoms with Crippen LogP contribution in [0.5, 0.6) is 10.9 Å². The quantitative estimate of drug-likeness (QED) is 0.347. The molecule has 1 saturated heterocycles. The van der Waals surface area contributed by atoms with Gasteiger partial charge in [-0.15, -0.1) is 0 Å². The molecular formula is C24H18F2N4O4S. The molecule has 178 valence electrons. The second kappa shape index (κ2) is 8.43. The topological polar surface area (TPSA) is 80.4 Å². The largest absolute Gasteiger partial charge is 0.462 e. The number of hydrogen-bond acceptors (Lipinski definition) is 7. The summed E-state index contributed by atoms with van der Waals surface area (Å²) < 4.78 is 44.8. The normalized spacial score (nSPS) is 14.1. The zero-order valence-electron chi connectivity index (χ0n) is 18.4. The average molecular weight is 496 g/mol. The molecule has 1 aliphatic heterocycles. The standard InChI is InChI=1S/C24H18F2N4O4S/c1-29-12-27-18-7-2-13(8-19(18)29)17-9-20-21(28-24(35-20)34-16-10-32-11-16)30(22(17)31)14-3-5-15(6-4-14)33-23(25)26/h2-9,12,16,23H,10-11H2,1H3. The highest BCUT2D eigenvalue weighted by Crippen LogP contribution is 2.33. The van der Waals surface area contributed by atoms with Crippen LogP contribution < -0.4 is 15.0 Å². The maximum Gasteiger partial charge on any atom is 0.387 e. The van der Waals surface area contributed by atoms with Gasteiger partial charge in [0.25, 0.3) is 10.8 Å². The first-order valence-electron chi connectivity index (χ1n) is 10.7. The van der Waals surface area contributed by atoms with Crippen molar-refractivity contribution in [3.63, 3.8) is 0 Å². The number of ether oxygens (including phenoxy) is 3. The second-order valence-corrected chi connectivity index (χ2v) is 9.07.